The third-order valence-corrected chi connectivity index (χ3v) is 3.44. The lowest BCUT2D eigenvalue weighted by atomic mass is 10.2. The Hall–Kier alpha value is -2.28. The maximum absolute atomic E-state index is 10.9. The van der Waals surface area contributed by atoms with Crippen molar-refractivity contribution in [1.29, 1.82) is 0 Å². The molecular formula is C14H19N5O2. The van der Waals surface area contributed by atoms with E-state index in [1.807, 2.05) is 0 Å². The molecule has 2 rings (SSSR count). The second kappa shape index (κ2) is 6.94. The molecule has 0 atom stereocenters. The van der Waals surface area contributed by atoms with Gasteiger partial charge in [-0.1, -0.05) is 13.8 Å². The quantitative estimate of drug-likeness (QED) is 0.622. The minimum absolute atomic E-state index is 0.0455. The molecule has 0 spiro atoms. The van der Waals surface area contributed by atoms with Crippen LogP contribution in [-0.2, 0) is 0 Å². The van der Waals surface area contributed by atoms with Crippen LogP contribution in [0.15, 0.2) is 24.5 Å². The minimum Gasteiger partial charge on any atom is -0.368 e. The van der Waals surface area contributed by atoms with Crippen LogP contribution in [0.3, 0.4) is 0 Å². The van der Waals surface area contributed by atoms with Crippen molar-refractivity contribution in [3.8, 4) is 0 Å². The highest BCUT2D eigenvalue weighted by Crippen LogP contribution is 2.23. The predicted octanol–water partition coefficient (Wildman–Crippen LogP) is 2.29. The van der Waals surface area contributed by atoms with E-state index in [1.54, 1.807) is 6.07 Å². The second-order valence-electron chi connectivity index (χ2n) is 4.63. The Morgan fingerprint density at radius 1 is 1.29 bits per heavy atom. The maximum Gasteiger partial charge on any atom is 0.270 e. The van der Waals surface area contributed by atoms with E-state index in [0.717, 1.165) is 26.2 Å². The molecule has 7 nitrogen and oxygen atoms in total. The van der Waals surface area contributed by atoms with Gasteiger partial charge in [-0.2, -0.15) is 0 Å². The Kier molecular flexibility index (Phi) is 4.99. The number of fused-ring (bicyclic) bond motifs is 1. The molecule has 0 aliphatic heterocycles. The topological polar surface area (TPSA) is 84.2 Å². The van der Waals surface area contributed by atoms with Crippen molar-refractivity contribution in [1.82, 2.24) is 14.9 Å². The Morgan fingerprint density at radius 2 is 2.05 bits per heavy atom. The van der Waals surface area contributed by atoms with Crippen molar-refractivity contribution in [2.24, 2.45) is 0 Å². The Balaban J connectivity index is 2.18. The monoisotopic (exact) mass is 289 g/mol. The van der Waals surface area contributed by atoms with Crippen molar-refractivity contribution in [2.75, 3.05) is 31.5 Å². The van der Waals surface area contributed by atoms with Crippen LogP contribution < -0.4 is 5.32 Å². The van der Waals surface area contributed by atoms with Gasteiger partial charge < -0.3 is 10.2 Å². The summed E-state index contributed by atoms with van der Waals surface area (Å²) in [7, 11) is 0. The molecule has 0 fully saturated rings. The van der Waals surface area contributed by atoms with Gasteiger partial charge >= 0.3 is 0 Å². The van der Waals surface area contributed by atoms with Crippen LogP contribution >= 0.6 is 0 Å². The van der Waals surface area contributed by atoms with Gasteiger partial charge in [0.1, 0.15) is 12.1 Å². The molecule has 0 amide bonds. The Labute approximate surface area is 123 Å². The Bertz CT molecular complexity index is 628. The average molecular weight is 289 g/mol. The van der Waals surface area contributed by atoms with Crippen molar-refractivity contribution < 1.29 is 4.92 Å². The molecule has 0 radical (unpaired) electrons. The molecule has 1 heterocycles. The van der Waals surface area contributed by atoms with Crippen LogP contribution in [0.2, 0.25) is 0 Å². The summed E-state index contributed by atoms with van der Waals surface area (Å²) in [6.07, 6.45) is 1.47. The number of likely N-dealkylation sites (N-methyl/N-ethyl adjacent to an activating group) is 1. The lowest BCUT2D eigenvalue weighted by Crippen LogP contribution is -2.28. The van der Waals surface area contributed by atoms with Gasteiger partial charge in [-0.05, 0) is 19.2 Å². The van der Waals surface area contributed by atoms with Gasteiger partial charge in [-0.15, -0.1) is 0 Å². The van der Waals surface area contributed by atoms with Crippen LogP contribution in [0.5, 0.6) is 0 Å². The van der Waals surface area contributed by atoms with E-state index < -0.39 is 4.92 Å². The zero-order chi connectivity index (χ0) is 15.2. The van der Waals surface area contributed by atoms with Gasteiger partial charge in [0, 0.05) is 30.6 Å². The van der Waals surface area contributed by atoms with E-state index in [9.17, 15) is 10.1 Å². The van der Waals surface area contributed by atoms with Gasteiger partial charge in [-0.3, -0.25) is 10.1 Å². The molecule has 0 saturated heterocycles. The smallest absolute Gasteiger partial charge is 0.270 e. The van der Waals surface area contributed by atoms with Gasteiger partial charge in [0.15, 0.2) is 0 Å². The van der Waals surface area contributed by atoms with Gasteiger partial charge in [0.2, 0.25) is 0 Å². The summed E-state index contributed by atoms with van der Waals surface area (Å²) >= 11 is 0. The van der Waals surface area contributed by atoms with Crippen molar-refractivity contribution in [2.45, 2.75) is 13.8 Å². The molecule has 1 aromatic heterocycles. The summed E-state index contributed by atoms with van der Waals surface area (Å²) in [5, 5.41) is 14.8. The van der Waals surface area contributed by atoms with Gasteiger partial charge in [0.25, 0.3) is 5.69 Å². The average Bonchev–Trinajstić information content (AvgIpc) is 2.51. The first kappa shape index (κ1) is 15.1. The summed E-state index contributed by atoms with van der Waals surface area (Å²) < 4.78 is 0. The lowest BCUT2D eigenvalue weighted by Gasteiger charge is -2.18. The van der Waals surface area contributed by atoms with Crippen LogP contribution in [0.1, 0.15) is 13.8 Å². The molecule has 7 heteroatoms. The van der Waals surface area contributed by atoms with E-state index in [0.29, 0.717) is 16.7 Å². The molecule has 0 unspecified atom stereocenters. The number of benzene rings is 1. The van der Waals surface area contributed by atoms with Crippen LogP contribution in [0.4, 0.5) is 11.5 Å². The van der Waals surface area contributed by atoms with E-state index >= 15 is 0 Å². The highest BCUT2D eigenvalue weighted by atomic mass is 16.6. The fraction of sp³-hybridized carbons (Fsp3) is 0.429. The molecular weight excluding hydrogens is 270 g/mol. The summed E-state index contributed by atoms with van der Waals surface area (Å²) in [4.78, 5) is 21.1. The van der Waals surface area contributed by atoms with Gasteiger partial charge in [-0.25, -0.2) is 9.97 Å². The van der Waals surface area contributed by atoms with E-state index in [2.05, 4.69) is 34.0 Å². The number of aromatic nitrogens is 2. The molecule has 21 heavy (non-hydrogen) atoms. The van der Waals surface area contributed by atoms with Crippen molar-refractivity contribution in [3.05, 3.63) is 34.6 Å². The number of nitrogens with zero attached hydrogens (tertiary/aromatic N) is 4. The van der Waals surface area contributed by atoms with E-state index in [-0.39, 0.29) is 5.69 Å². The molecule has 1 N–H and O–H groups in total. The lowest BCUT2D eigenvalue weighted by molar-refractivity contribution is -0.384. The second-order valence-corrected chi connectivity index (χ2v) is 4.63. The number of hydrogen-bond acceptors (Lipinski definition) is 6. The number of rotatable bonds is 7. The third kappa shape index (κ3) is 3.63. The van der Waals surface area contributed by atoms with Crippen molar-refractivity contribution >= 4 is 22.4 Å². The molecule has 0 aliphatic carbocycles. The highest BCUT2D eigenvalue weighted by molar-refractivity contribution is 5.90. The fourth-order valence-corrected chi connectivity index (χ4v) is 2.17. The first-order chi connectivity index (χ1) is 10.2. The molecule has 0 bridgehead atoms. The van der Waals surface area contributed by atoms with Crippen molar-refractivity contribution in [3.63, 3.8) is 0 Å². The fourth-order valence-electron chi connectivity index (χ4n) is 2.17. The normalized spacial score (nSPS) is 11.0. The van der Waals surface area contributed by atoms with Crippen LogP contribution in [-0.4, -0.2) is 46.0 Å². The number of nitro groups is 1. The Morgan fingerprint density at radius 3 is 2.71 bits per heavy atom. The first-order valence-corrected chi connectivity index (χ1v) is 7.01. The SMILES string of the molecule is CCN(CC)CCNc1ncnc2ccc([N+](=O)[O-])cc12. The summed E-state index contributed by atoms with van der Waals surface area (Å²) in [6.45, 7) is 7.85. The molecule has 0 saturated carbocycles. The largest absolute Gasteiger partial charge is 0.368 e. The minimum atomic E-state index is -0.411. The zero-order valence-corrected chi connectivity index (χ0v) is 12.2. The number of hydrogen-bond donors (Lipinski definition) is 1. The van der Waals surface area contributed by atoms with Crippen LogP contribution in [0, 0.1) is 10.1 Å². The molecule has 112 valence electrons. The number of non-ortho nitro benzene ring substituents is 1. The first-order valence-electron chi connectivity index (χ1n) is 7.01. The standard InChI is InChI=1S/C14H19N5O2/c1-3-18(4-2)8-7-15-14-12-9-11(19(20)21)5-6-13(12)16-10-17-14/h5-6,9-10H,3-4,7-8H2,1-2H3,(H,15,16,17). The number of nitrogens with one attached hydrogen (secondary N) is 1. The predicted molar refractivity (Wildman–Crippen MR) is 82.5 cm³/mol. The molecule has 1 aromatic carbocycles. The zero-order valence-electron chi connectivity index (χ0n) is 12.2. The highest BCUT2D eigenvalue weighted by Gasteiger charge is 2.10. The summed E-state index contributed by atoms with van der Waals surface area (Å²) in [5.74, 6) is 0.635. The molecule has 2 aromatic rings. The van der Waals surface area contributed by atoms with Gasteiger partial charge in [0.05, 0.1) is 10.4 Å². The maximum atomic E-state index is 10.9. The summed E-state index contributed by atoms with van der Waals surface area (Å²) in [5.41, 5.74) is 0.741. The summed E-state index contributed by atoms with van der Waals surface area (Å²) in [6, 6.07) is 4.61. The number of nitro benzene ring substituents is 1. The molecule has 0 aliphatic rings. The van der Waals surface area contributed by atoms with Crippen LogP contribution in [0.25, 0.3) is 10.9 Å². The number of anilines is 1. The van der Waals surface area contributed by atoms with E-state index in [4.69, 9.17) is 0 Å². The third-order valence-electron chi connectivity index (χ3n) is 3.44. The van der Waals surface area contributed by atoms with E-state index in [1.165, 1.54) is 18.5 Å².